The first-order valence-corrected chi connectivity index (χ1v) is 11.1. The predicted molar refractivity (Wildman–Crippen MR) is 114 cm³/mol. The summed E-state index contributed by atoms with van der Waals surface area (Å²) in [5, 5.41) is 48.6. The molecular formula is C23H38O6. The van der Waals surface area contributed by atoms with Crippen molar-refractivity contribution in [1.29, 1.82) is 0 Å². The highest BCUT2D eigenvalue weighted by molar-refractivity contribution is 5.92. The van der Waals surface area contributed by atoms with Crippen molar-refractivity contribution in [2.24, 2.45) is 0 Å². The number of rotatable bonds is 16. The van der Waals surface area contributed by atoms with Crippen LogP contribution in [-0.4, -0.2) is 31.5 Å². The van der Waals surface area contributed by atoms with Crippen LogP contribution in [0.1, 0.15) is 119 Å². The van der Waals surface area contributed by atoms with Crippen LogP contribution in [0.3, 0.4) is 0 Å². The second kappa shape index (κ2) is 14.1. The van der Waals surface area contributed by atoms with Gasteiger partial charge >= 0.3 is 5.97 Å². The first-order chi connectivity index (χ1) is 13.9. The summed E-state index contributed by atoms with van der Waals surface area (Å²) in [6.45, 7) is 2.23. The molecule has 0 radical (unpaired) electrons. The van der Waals surface area contributed by atoms with E-state index in [2.05, 4.69) is 6.92 Å². The molecule has 0 spiro atoms. The number of benzene rings is 1. The molecule has 0 fully saturated rings. The number of phenolic OH excluding ortho intramolecular Hbond substituents is 3. The van der Waals surface area contributed by atoms with E-state index in [1.165, 1.54) is 57.8 Å². The average molecular weight is 411 g/mol. The average Bonchev–Trinajstić information content (AvgIpc) is 2.69. The summed E-state index contributed by atoms with van der Waals surface area (Å²) in [5.74, 6) is -3.69. The maximum Gasteiger partial charge on any atom is 0.336 e. The zero-order valence-corrected chi connectivity index (χ0v) is 17.7. The second-order valence-electron chi connectivity index (χ2n) is 7.91. The third-order valence-electron chi connectivity index (χ3n) is 5.44. The molecule has 0 amide bonds. The number of aliphatic hydroxyl groups is 1. The van der Waals surface area contributed by atoms with Gasteiger partial charge in [0.2, 0.25) is 5.75 Å². The van der Waals surface area contributed by atoms with E-state index in [-0.39, 0.29) is 12.0 Å². The maximum atomic E-state index is 11.3. The Balaban J connectivity index is 2.23. The Bertz CT molecular complexity index is 614. The highest BCUT2D eigenvalue weighted by Gasteiger charge is 2.25. The number of unbranched alkanes of at least 4 members (excludes halogenated alkanes) is 12. The lowest BCUT2D eigenvalue weighted by atomic mass is 9.95. The monoisotopic (exact) mass is 410 g/mol. The molecule has 0 heterocycles. The van der Waals surface area contributed by atoms with E-state index in [1.54, 1.807) is 0 Å². The van der Waals surface area contributed by atoms with Gasteiger partial charge < -0.3 is 25.5 Å². The van der Waals surface area contributed by atoms with E-state index >= 15 is 0 Å². The Hall–Kier alpha value is -1.95. The van der Waals surface area contributed by atoms with Gasteiger partial charge in [0.1, 0.15) is 0 Å². The molecule has 6 nitrogen and oxygen atoms in total. The van der Waals surface area contributed by atoms with Crippen LogP contribution in [-0.2, 0) is 0 Å². The molecule has 0 aliphatic carbocycles. The van der Waals surface area contributed by atoms with Crippen molar-refractivity contribution in [2.45, 2.75) is 103 Å². The van der Waals surface area contributed by atoms with Gasteiger partial charge in [0, 0.05) is 5.56 Å². The van der Waals surface area contributed by atoms with Crippen molar-refractivity contribution in [3.8, 4) is 17.2 Å². The van der Waals surface area contributed by atoms with Crippen molar-refractivity contribution in [1.82, 2.24) is 0 Å². The van der Waals surface area contributed by atoms with Gasteiger partial charge in [-0.15, -0.1) is 0 Å². The number of aliphatic hydroxyl groups excluding tert-OH is 1. The zero-order valence-electron chi connectivity index (χ0n) is 17.7. The van der Waals surface area contributed by atoms with Crippen LogP contribution in [0.25, 0.3) is 0 Å². The Labute approximate surface area is 174 Å². The molecule has 1 unspecified atom stereocenters. The normalized spacial score (nSPS) is 12.2. The van der Waals surface area contributed by atoms with Crippen LogP contribution in [0.15, 0.2) is 6.07 Å². The summed E-state index contributed by atoms with van der Waals surface area (Å²) in [6, 6.07) is 0.847. The third kappa shape index (κ3) is 8.94. The Morgan fingerprint density at radius 3 is 1.69 bits per heavy atom. The quantitative estimate of drug-likeness (QED) is 0.168. The Morgan fingerprint density at radius 2 is 1.24 bits per heavy atom. The van der Waals surface area contributed by atoms with Gasteiger partial charge in [-0.05, 0) is 12.5 Å². The highest BCUT2D eigenvalue weighted by atomic mass is 16.4. The van der Waals surface area contributed by atoms with Crippen LogP contribution in [0.4, 0.5) is 0 Å². The molecule has 1 aromatic rings. The Morgan fingerprint density at radius 1 is 0.793 bits per heavy atom. The largest absolute Gasteiger partial charge is 0.504 e. The van der Waals surface area contributed by atoms with Crippen LogP contribution in [0, 0.1) is 0 Å². The second-order valence-corrected chi connectivity index (χ2v) is 7.91. The van der Waals surface area contributed by atoms with Gasteiger partial charge in [-0.2, -0.15) is 0 Å². The number of carboxylic acids is 1. The number of carbonyl (C=O) groups is 1. The summed E-state index contributed by atoms with van der Waals surface area (Å²) in [6.07, 6.45) is 14.7. The van der Waals surface area contributed by atoms with E-state index in [4.69, 9.17) is 0 Å². The minimum Gasteiger partial charge on any atom is -0.504 e. The van der Waals surface area contributed by atoms with Crippen LogP contribution < -0.4 is 0 Å². The predicted octanol–water partition coefficient (Wildman–Crippen LogP) is 6.02. The van der Waals surface area contributed by atoms with Gasteiger partial charge in [-0.25, -0.2) is 4.79 Å². The molecule has 5 N–H and O–H groups in total. The lowest BCUT2D eigenvalue weighted by Gasteiger charge is -2.17. The fourth-order valence-electron chi connectivity index (χ4n) is 3.67. The third-order valence-corrected chi connectivity index (χ3v) is 5.44. The number of hydrogen-bond acceptors (Lipinski definition) is 5. The van der Waals surface area contributed by atoms with Crippen molar-refractivity contribution in [3.63, 3.8) is 0 Å². The molecule has 0 saturated heterocycles. The summed E-state index contributed by atoms with van der Waals surface area (Å²) in [7, 11) is 0. The molecule has 0 aromatic heterocycles. The lowest BCUT2D eigenvalue weighted by Crippen LogP contribution is -2.08. The molecule has 0 saturated carbocycles. The molecule has 1 rings (SSSR count). The van der Waals surface area contributed by atoms with Gasteiger partial charge in [0.25, 0.3) is 0 Å². The summed E-state index contributed by atoms with van der Waals surface area (Å²) in [5.41, 5.74) is -0.647. The van der Waals surface area contributed by atoms with E-state index < -0.39 is 34.9 Å². The van der Waals surface area contributed by atoms with E-state index in [0.717, 1.165) is 25.3 Å². The molecule has 1 atom stereocenters. The first kappa shape index (κ1) is 25.1. The summed E-state index contributed by atoms with van der Waals surface area (Å²) in [4.78, 5) is 11.3. The summed E-state index contributed by atoms with van der Waals surface area (Å²) >= 11 is 0. The van der Waals surface area contributed by atoms with Crippen molar-refractivity contribution in [3.05, 3.63) is 17.2 Å². The van der Waals surface area contributed by atoms with Crippen LogP contribution >= 0.6 is 0 Å². The lowest BCUT2D eigenvalue weighted by molar-refractivity contribution is 0.0685. The van der Waals surface area contributed by atoms with E-state index in [9.17, 15) is 30.3 Å². The standard InChI is InChI=1S/C23H38O6/c1-2-3-4-5-6-7-8-9-10-11-12-13-14-15-18(24)20-17(23(28)29)16-19(25)21(26)22(20)27/h16,18,24-27H,2-15H2,1H3,(H,28,29). The van der Waals surface area contributed by atoms with Gasteiger partial charge in [0.05, 0.1) is 11.7 Å². The molecule has 6 heteroatoms. The number of phenols is 3. The molecule has 0 bridgehead atoms. The number of carboxylic acid groups (broad SMARTS) is 1. The molecular weight excluding hydrogens is 372 g/mol. The van der Waals surface area contributed by atoms with Gasteiger partial charge in [0.15, 0.2) is 11.5 Å². The smallest absolute Gasteiger partial charge is 0.336 e. The van der Waals surface area contributed by atoms with Crippen LogP contribution in [0.2, 0.25) is 0 Å². The fourth-order valence-corrected chi connectivity index (χ4v) is 3.67. The fraction of sp³-hybridized carbons (Fsp3) is 0.696. The van der Waals surface area contributed by atoms with Crippen molar-refractivity contribution in [2.75, 3.05) is 0 Å². The minimum absolute atomic E-state index is 0.244. The number of hydrogen-bond donors (Lipinski definition) is 5. The SMILES string of the molecule is CCCCCCCCCCCCCCCC(O)c1c(C(=O)O)cc(O)c(O)c1O. The van der Waals surface area contributed by atoms with E-state index in [0.29, 0.717) is 6.42 Å². The molecule has 0 aliphatic rings. The van der Waals surface area contributed by atoms with Gasteiger partial charge in [-0.1, -0.05) is 90.4 Å². The molecule has 166 valence electrons. The number of aromatic hydroxyl groups is 3. The molecule has 0 aliphatic heterocycles. The first-order valence-electron chi connectivity index (χ1n) is 11.1. The van der Waals surface area contributed by atoms with Crippen molar-refractivity contribution < 1.29 is 30.3 Å². The van der Waals surface area contributed by atoms with Crippen molar-refractivity contribution >= 4 is 5.97 Å². The maximum absolute atomic E-state index is 11.3. The number of aromatic carboxylic acids is 1. The topological polar surface area (TPSA) is 118 Å². The zero-order chi connectivity index (χ0) is 21.6. The summed E-state index contributed by atoms with van der Waals surface area (Å²) < 4.78 is 0. The molecule has 29 heavy (non-hydrogen) atoms. The van der Waals surface area contributed by atoms with E-state index in [1.807, 2.05) is 0 Å². The van der Waals surface area contributed by atoms with Crippen LogP contribution in [0.5, 0.6) is 17.2 Å². The Kier molecular flexibility index (Phi) is 12.2. The minimum atomic E-state index is -1.38. The van der Waals surface area contributed by atoms with Gasteiger partial charge in [-0.3, -0.25) is 0 Å². The molecule has 1 aromatic carbocycles. The highest BCUT2D eigenvalue weighted by Crippen LogP contribution is 2.43.